The molecular formula is C46H51N7. The fourth-order valence-corrected chi connectivity index (χ4v) is 5.59. The fraction of sp³-hybridized carbons (Fsp3) is 0.0870. The van der Waals surface area contributed by atoms with Gasteiger partial charge in [-0.15, -0.1) is 0 Å². The lowest BCUT2D eigenvalue weighted by Gasteiger charge is -2.17. The number of fused-ring (bicyclic) bond motifs is 2. The lowest BCUT2D eigenvalue weighted by Crippen LogP contribution is -2.14. The van der Waals surface area contributed by atoms with Crippen LogP contribution in [-0.2, 0) is 0 Å². The first-order valence-electron chi connectivity index (χ1n) is 17.5. The largest absolute Gasteiger partial charge is 0.399 e. The molecule has 0 saturated heterocycles. The second-order valence-corrected chi connectivity index (χ2v) is 12.5. The Labute approximate surface area is 313 Å². The summed E-state index contributed by atoms with van der Waals surface area (Å²) in [5.74, 6) is 0. The van der Waals surface area contributed by atoms with E-state index in [-0.39, 0.29) is 0 Å². The highest BCUT2D eigenvalue weighted by molar-refractivity contribution is 6.01. The summed E-state index contributed by atoms with van der Waals surface area (Å²) in [5.41, 5.74) is 44.7. The summed E-state index contributed by atoms with van der Waals surface area (Å²) in [7, 11) is 0. The van der Waals surface area contributed by atoms with E-state index in [1.807, 2.05) is 133 Å². The third kappa shape index (κ3) is 10.3. The summed E-state index contributed by atoms with van der Waals surface area (Å²) in [6, 6.07) is 45.5. The second kappa shape index (κ2) is 18.9. The predicted molar refractivity (Wildman–Crippen MR) is 236 cm³/mol. The van der Waals surface area contributed by atoms with Crippen molar-refractivity contribution >= 4 is 73.5 Å². The zero-order valence-electron chi connectivity index (χ0n) is 30.6. The van der Waals surface area contributed by atoms with Gasteiger partial charge in [0, 0.05) is 78.5 Å². The van der Waals surface area contributed by atoms with E-state index in [9.17, 15) is 0 Å². The van der Waals surface area contributed by atoms with Crippen LogP contribution in [0.25, 0.3) is 44.8 Å². The highest BCUT2D eigenvalue weighted by Crippen LogP contribution is 2.29. The Morgan fingerprint density at radius 1 is 0.472 bits per heavy atom. The van der Waals surface area contributed by atoms with Crippen LogP contribution in [0, 0.1) is 0 Å². The minimum absolute atomic E-state index is 0.431. The quantitative estimate of drug-likeness (QED) is 0.0846. The Bertz CT molecular complexity index is 2100. The maximum atomic E-state index is 5.89. The Morgan fingerprint density at radius 3 is 1.25 bits per heavy atom. The van der Waals surface area contributed by atoms with Gasteiger partial charge >= 0.3 is 0 Å². The van der Waals surface area contributed by atoms with Crippen LogP contribution in [0.4, 0.5) is 39.8 Å². The Hall–Kier alpha value is -6.86. The number of benzene rings is 7. The lowest BCUT2D eigenvalue weighted by molar-refractivity contribution is 0.764. The number of hydrogen-bond donors (Lipinski definition) is 7. The second-order valence-electron chi connectivity index (χ2n) is 12.5. The van der Waals surface area contributed by atoms with Gasteiger partial charge in [0.05, 0.1) is 0 Å². The highest BCUT2D eigenvalue weighted by atomic mass is 14.9. The first kappa shape index (κ1) is 38.9. The van der Waals surface area contributed by atoms with Gasteiger partial charge in [-0.2, -0.15) is 0 Å². The number of anilines is 7. The van der Waals surface area contributed by atoms with E-state index in [0.717, 1.165) is 78.9 Å². The summed E-state index contributed by atoms with van der Waals surface area (Å²) < 4.78 is 0. The van der Waals surface area contributed by atoms with Gasteiger partial charge in [0.2, 0.25) is 0 Å². The number of nitrogen functional groups attached to an aromatic ring is 6. The van der Waals surface area contributed by atoms with Gasteiger partial charge in [-0.3, -0.25) is 0 Å². The third-order valence-electron chi connectivity index (χ3n) is 8.74. The zero-order chi connectivity index (χ0) is 38.3. The smallest absolute Gasteiger partial charge is 0.0423 e. The van der Waals surface area contributed by atoms with Gasteiger partial charge in [0.25, 0.3) is 0 Å². The lowest BCUT2D eigenvalue weighted by atomic mass is 10.0. The Kier molecular flexibility index (Phi) is 13.9. The number of nitrogens with two attached hydrogens (primary N) is 6. The van der Waals surface area contributed by atoms with Crippen LogP contribution in [0.5, 0.6) is 0 Å². The average molecular weight is 702 g/mol. The maximum Gasteiger partial charge on any atom is 0.0423 e. The van der Waals surface area contributed by atoms with Crippen molar-refractivity contribution in [3.8, 4) is 11.1 Å². The van der Waals surface area contributed by atoms with E-state index in [1.54, 1.807) is 6.08 Å². The van der Waals surface area contributed by atoms with Crippen molar-refractivity contribution < 1.29 is 0 Å². The van der Waals surface area contributed by atoms with Gasteiger partial charge in [-0.1, -0.05) is 123 Å². The molecule has 0 radical (unpaired) electrons. The monoisotopic (exact) mass is 701 g/mol. The van der Waals surface area contributed by atoms with Gasteiger partial charge in [0.1, 0.15) is 0 Å². The van der Waals surface area contributed by atoms with Crippen LogP contribution >= 0.6 is 0 Å². The van der Waals surface area contributed by atoms with E-state index in [0.29, 0.717) is 6.04 Å². The number of nitrogens with one attached hydrogen (secondary N) is 1. The normalized spacial score (nSPS) is 10.7. The van der Waals surface area contributed by atoms with Crippen molar-refractivity contribution in [1.29, 1.82) is 0 Å². The molecule has 0 aliphatic rings. The van der Waals surface area contributed by atoms with Crippen molar-refractivity contribution in [3.05, 3.63) is 164 Å². The first-order chi connectivity index (χ1) is 25.6. The topological polar surface area (TPSA) is 168 Å². The third-order valence-corrected chi connectivity index (χ3v) is 8.74. The molecule has 1 unspecified atom stereocenters. The highest BCUT2D eigenvalue weighted by Gasteiger charge is 2.08. The number of hydrogen-bond acceptors (Lipinski definition) is 7. The molecule has 7 heteroatoms. The molecule has 53 heavy (non-hydrogen) atoms. The Balaban J connectivity index is 0.000000159. The molecule has 0 aliphatic carbocycles. The molecule has 7 nitrogen and oxygen atoms in total. The van der Waals surface area contributed by atoms with Crippen molar-refractivity contribution in [2.24, 2.45) is 0 Å². The molecule has 0 saturated carbocycles. The van der Waals surface area contributed by atoms with Gasteiger partial charge in [0.15, 0.2) is 0 Å². The molecule has 0 heterocycles. The summed E-state index contributed by atoms with van der Waals surface area (Å²) in [4.78, 5) is 0. The van der Waals surface area contributed by atoms with Crippen molar-refractivity contribution in [2.75, 3.05) is 39.7 Å². The van der Waals surface area contributed by atoms with Crippen molar-refractivity contribution in [3.63, 3.8) is 0 Å². The molecule has 0 aromatic heterocycles. The van der Waals surface area contributed by atoms with Gasteiger partial charge in [-0.05, 0) is 73.0 Å². The summed E-state index contributed by atoms with van der Waals surface area (Å²) in [5, 5.41) is 7.54. The zero-order valence-corrected chi connectivity index (χ0v) is 30.6. The van der Waals surface area contributed by atoms with E-state index < -0.39 is 0 Å². The minimum Gasteiger partial charge on any atom is -0.399 e. The predicted octanol–water partition coefficient (Wildman–Crippen LogP) is 10.7. The standard InChI is InChI=1S/C14H20N2.C12H11N.2C10H10N2/c1-5-10(4)16-14-9-8-13(15)11(6-2)12(14)7-3;13-12-8-6-11(7-9-12)10-4-2-1-3-5-10;2*11-9-5-6-10(12)8-4-2-1-3-7(8)9/h6-10,16H,2-3,5,15H2,1,4H3;1-9H,13H2;2*1-6H,11-12H2. The van der Waals surface area contributed by atoms with E-state index in [1.165, 1.54) is 11.1 Å². The molecule has 7 rings (SSSR count). The van der Waals surface area contributed by atoms with Crippen LogP contribution in [0.3, 0.4) is 0 Å². The fourth-order valence-electron chi connectivity index (χ4n) is 5.59. The van der Waals surface area contributed by atoms with Crippen LogP contribution in [0.1, 0.15) is 31.4 Å². The molecule has 7 aromatic rings. The average Bonchev–Trinajstić information content (AvgIpc) is 3.20. The first-order valence-corrected chi connectivity index (χ1v) is 17.5. The van der Waals surface area contributed by atoms with Crippen LogP contribution in [0.2, 0.25) is 0 Å². The molecule has 270 valence electrons. The maximum absolute atomic E-state index is 5.89. The van der Waals surface area contributed by atoms with Crippen molar-refractivity contribution in [2.45, 2.75) is 26.3 Å². The van der Waals surface area contributed by atoms with E-state index in [2.05, 4.69) is 44.5 Å². The summed E-state index contributed by atoms with van der Waals surface area (Å²) in [6.45, 7) is 11.9. The van der Waals surface area contributed by atoms with E-state index >= 15 is 0 Å². The minimum atomic E-state index is 0.431. The van der Waals surface area contributed by atoms with Gasteiger partial charge < -0.3 is 39.7 Å². The molecule has 7 aromatic carbocycles. The molecular weight excluding hydrogens is 651 g/mol. The summed E-state index contributed by atoms with van der Waals surface area (Å²) >= 11 is 0. The molecule has 0 spiro atoms. The van der Waals surface area contributed by atoms with Gasteiger partial charge in [-0.25, -0.2) is 0 Å². The molecule has 0 aliphatic heterocycles. The van der Waals surface area contributed by atoms with Crippen LogP contribution in [0.15, 0.2) is 153 Å². The van der Waals surface area contributed by atoms with Crippen LogP contribution < -0.4 is 39.7 Å². The molecule has 0 fully saturated rings. The molecule has 0 bridgehead atoms. The summed E-state index contributed by atoms with van der Waals surface area (Å²) in [6.07, 6.45) is 4.66. The molecule has 1 atom stereocenters. The van der Waals surface area contributed by atoms with E-state index in [4.69, 9.17) is 34.4 Å². The number of rotatable bonds is 6. The van der Waals surface area contributed by atoms with Crippen LogP contribution in [-0.4, -0.2) is 6.04 Å². The Morgan fingerprint density at radius 2 is 0.849 bits per heavy atom. The molecule has 0 amide bonds. The van der Waals surface area contributed by atoms with Crippen molar-refractivity contribution in [1.82, 2.24) is 0 Å². The SMILES string of the molecule is C=Cc1c(N)ccc(NC(C)CC)c1C=C.Nc1ccc(-c2ccccc2)cc1.Nc1ccc(N)c2ccccc12.Nc1ccc(N)c2ccccc12. The molecule has 13 N–H and O–H groups in total.